The minimum absolute atomic E-state index is 0.00865. The van der Waals surface area contributed by atoms with Gasteiger partial charge in [-0.15, -0.1) is 0 Å². The molecule has 0 fully saturated rings. The molecule has 0 radical (unpaired) electrons. The number of thioether (sulfide) groups is 1. The summed E-state index contributed by atoms with van der Waals surface area (Å²) in [5.41, 5.74) is 0. The van der Waals surface area contributed by atoms with Crippen LogP contribution in [0, 0.1) is 0 Å². The molecule has 1 aromatic rings. The van der Waals surface area contributed by atoms with E-state index in [0.717, 1.165) is 5.03 Å². The van der Waals surface area contributed by atoms with Crippen LogP contribution in [-0.4, -0.2) is 28.7 Å². The first-order valence-electron chi connectivity index (χ1n) is 3.42. The van der Waals surface area contributed by atoms with E-state index in [1.165, 1.54) is 11.8 Å². The molecular formula is C7H9N3OS. The zero-order valence-electron chi connectivity index (χ0n) is 6.65. The van der Waals surface area contributed by atoms with Crippen LogP contribution in [-0.2, 0) is 4.79 Å². The van der Waals surface area contributed by atoms with E-state index >= 15 is 0 Å². The van der Waals surface area contributed by atoms with Gasteiger partial charge in [0.15, 0.2) is 0 Å². The molecular weight excluding hydrogens is 174 g/mol. The fourth-order valence-corrected chi connectivity index (χ4v) is 1.27. The third kappa shape index (κ3) is 2.87. The molecule has 0 aliphatic carbocycles. The van der Waals surface area contributed by atoms with Crippen molar-refractivity contribution in [3.63, 3.8) is 0 Å². The van der Waals surface area contributed by atoms with Gasteiger partial charge in [-0.2, -0.15) is 0 Å². The van der Waals surface area contributed by atoms with Crippen molar-refractivity contribution < 1.29 is 4.79 Å². The Morgan fingerprint density at radius 3 is 3.08 bits per heavy atom. The van der Waals surface area contributed by atoms with Crippen molar-refractivity contribution in [1.82, 2.24) is 15.3 Å². The molecule has 0 aliphatic heterocycles. The molecule has 0 spiro atoms. The number of carbonyl (C=O) groups is 1. The van der Waals surface area contributed by atoms with Gasteiger partial charge in [-0.25, -0.2) is 4.98 Å². The van der Waals surface area contributed by atoms with Crippen LogP contribution in [0.1, 0.15) is 0 Å². The smallest absolute Gasteiger partial charge is 0.230 e. The molecule has 0 bridgehead atoms. The minimum Gasteiger partial charge on any atom is -0.358 e. The van der Waals surface area contributed by atoms with Crippen LogP contribution < -0.4 is 5.32 Å². The van der Waals surface area contributed by atoms with Gasteiger partial charge in [-0.05, 0) is 0 Å². The van der Waals surface area contributed by atoms with Gasteiger partial charge in [0.2, 0.25) is 5.91 Å². The van der Waals surface area contributed by atoms with E-state index in [1.807, 2.05) is 0 Å². The van der Waals surface area contributed by atoms with Gasteiger partial charge < -0.3 is 5.32 Å². The lowest BCUT2D eigenvalue weighted by molar-refractivity contribution is -0.118. The molecule has 1 heterocycles. The van der Waals surface area contributed by atoms with Gasteiger partial charge in [-0.1, -0.05) is 11.8 Å². The van der Waals surface area contributed by atoms with Crippen LogP contribution in [0.3, 0.4) is 0 Å². The maximum Gasteiger partial charge on any atom is 0.230 e. The lowest BCUT2D eigenvalue weighted by atomic mass is 10.7. The first kappa shape index (κ1) is 8.99. The minimum atomic E-state index is -0.00865. The van der Waals surface area contributed by atoms with Crippen LogP contribution in [0.25, 0.3) is 0 Å². The second-order valence-corrected chi connectivity index (χ2v) is 3.00. The third-order valence-electron chi connectivity index (χ3n) is 1.17. The Morgan fingerprint density at radius 2 is 2.50 bits per heavy atom. The van der Waals surface area contributed by atoms with Crippen LogP contribution in [0.4, 0.5) is 0 Å². The predicted octanol–water partition coefficient (Wildman–Crippen LogP) is 0.315. The normalized spacial score (nSPS) is 9.42. The number of nitrogens with one attached hydrogen (secondary N) is 1. The van der Waals surface area contributed by atoms with Gasteiger partial charge in [0, 0.05) is 19.4 Å². The average molecular weight is 183 g/mol. The van der Waals surface area contributed by atoms with Crippen molar-refractivity contribution in [3.05, 3.63) is 18.6 Å². The maximum absolute atomic E-state index is 10.8. The van der Waals surface area contributed by atoms with Gasteiger partial charge in [0.05, 0.1) is 11.9 Å². The zero-order valence-corrected chi connectivity index (χ0v) is 7.47. The molecule has 1 rings (SSSR count). The van der Waals surface area contributed by atoms with Crippen LogP contribution in [0.5, 0.6) is 0 Å². The highest BCUT2D eigenvalue weighted by Crippen LogP contribution is 2.11. The Labute approximate surface area is 74.8 Å². The summed E-state index contributed by atoms with van der Waals surface area (Å²) in [4.78, 5) is 18.7. The van der Waals surface area contributed by atoms with Gasteiger partial charge in [0.1, 0.15) is 5.03 Å². The Balaban J connectivity index is 2.38. The van der Waals surface area contributed by atoms with Gasteiger partial charge >= 0.3 is 0 Å². The Kier molecular flexibility index (Phi) is 3.53. The fraction of sp³-hybridized carbons (Fsp3) is 0.286. The monoisotopic (exact) mass is 183 g/mol. The van der Waals surface area contributed by atoms with Crippen LogP contribution in [0.2, 0.25) is 0 Å². The highest BCUT2D eigenvalue weighted by atomic mass is 32.2. The molecule has 4 nitrogen and oxygen atoms in total. The second kappa shape index (κ2) is 4.71. The largest absolute Gasteiger partial charge is 0.358 e. The molecule has 0 atom stereocenters. The molecule has 1 aromatic heterocycles. The van der Waals surface area contributed by atoms with Crippen LogP contribution in [0.15, 0.2) is 23.6 Å². The van der Waals surface area contributed by atoms with Crippen molar-refractivity contribution in [1.29, 1.82) is 0 Å². The number of amides is 1. The average Bonchev–Trinajstić information content (AvgIpc) is 2.16. The highest BCUT2D eigenvalue weighted by molar-refractivity contribution is 7.99. The summed E-state index contributed by atoms with van der Waals surface area (Å²) in [5, 5.41) is 3.29. The maximum atomic E-state index is 10.8. The molecule has 12 heavy (non-hydrogen) atoms. The Hall–Kier alpha value is -1.10. The summed E-state index contributed by atoms with van der Waals surface area (Å²) in [7, 11) is 1.61. The molecule has 0 aromatic carbocycles. The summed E-state index contributed by atoms with van der Waals surface area (Å²) < 4.78 is 0. The van der Waals surface area contributed by atoms with E-state index in [1.54, 1.807) is 25.6 Å². The topological polar surface area (TPSA) is 54.9 Å². The molecule has 0 aliphatic rings. The number of hydrogen-bond acceptors (Lipinski definition) is 4. The quantitative estimate of drug-likeness (QED) is 0.685. The number of hydrogen-bond donors (Lipinski definition) is 1. The van der Waals surface area contributed by atoms with Crippen molar-refractivity contribution >= 4 is 17.7 Å². The first-order chi connectivity index (χ1) is 5.83. The lowest BCUT2D eigenvalue weighted by Crippen LogP contribution is -2.19. The summed E-state index contributed by atoms with van der Waals surface area (Å²) in [5.74, 6) is 0.375. The Bertz CT molecular complexity index is 252. The van der Waals surface area contributed by atoms with Crippen molar-refractivity contribution in [2.24, 2.45) is 0 Å². The second-order valence-electron chi connectivity index (χ2n) is 2.01. The lowest BCUT2D eigenvalue weighted by Gasteiger charge is -1.97. The number of carbonyl (C=O) groups excluding carboxylic acids is 1. The fourth-order valence-electron chi connectivity index (χ4n) is 0.572. The van der Waals surface area contributed by atoms with Crippen LogP contribution >= 0.6 is 11.8 Å². The molecule has 1 N–H and O–H groups in total. The molecule has 64 valence electrons. The standard InChI is InChI=1S/C7H9N3OS/c1-8-6(11)5-12-7-4-9-2-3-10-7/h2-4H,5H2,1H3,(H,8,11). The van der Waals surface area contributed by atoms with E-state index < -0.39 is 0 Å². The molecule has 0 saturated carbocycles. The molecule has 0 saturated heterocycles. The molecule has 1 amide bonds. The number of rotatable bonds is 3. The Morgan fingerprint density at radius 1 is 1.67 bits per heavy atom. The highest BCUT2D eigenvalue weighted by Gasteiger charge is 1.99. The van der Waals surface area contributed by atoms with E-state index in [0.29, 0.717) is 5.75 Å². The van der Waals surface area contributed by atoms with E-state index in [-0.39, 0.29) is 5.91 Å². The molecule has 0 unspecified atom stereocenters. The number of nitrogens with zero attached hydrogens (tertiary/aromatic N) is 2. The van der Waals surface area contributed by atoms with Crippen molar-refractivity contribution in [2.75, 3.05) is 12.8 Å². The van der Waals surface area contributed by atoms with E-state index in [2.05, 4.69) is 15.3 Å². The SMILES string of the molecule is CNC(=O)CSc1cnccn1. The van der Waals surface area contributed by atoms with Crippen molar-refractivity contribution in [3.8, 4) is 0 Å². The first-order valence-corrected chi connectivity index (χ1v) is 4.41. The predicted molar refractivity (Wildman–Crippen MR) is 46.8 cm³/mol. The summed E-state index contributed by atoms with van der Waals surface area (Å²) in [6.45, 7) is 0. The van der Waals surface area contributed by atoms with E-state index in [4.69, 9.17) is 0 Å². The zero-order chi connectivity index (χ0) is 8.81. The number of aromatic nitrogens is 2. The van der Waals surface area contributed by atoms with Gasteiger partial charge in [0.25, 0.3) is 0 Å². The van der Waals surface area contributed by atoms with Crippen molar-refractivity contribution in [2.45, 2.75) is 5.03 Å². The summed E-state index contributed by atoms with van der Waals surface area (Å²) in [6.07, 6.45) is 4.84. The van der Waals surface area contributed by atoms with Gasteiger partial charge in [-0.3, -0.25) is 9.78 Å². The third-order valence-corrected chi connectivity index (χ3v) is 2.08. The summed E-state index contributed by atoms with van der Waals surface area (Å²) >= 11 is 1.37. The van der Waals surface area contributed by atoms with E-state index in [9.17, 15) is 4.79 Å². The summed E-state index contributed by atoms with van der Waals surface area (Å²) in [6, 6.07) is 0. The molecule has 5 heteroatoms.